The Hall–Kier alpha value is -1.50. The SMILES string of the molecule is COc1ccc(C=C=CCN)cc1. The van der Waals surface area contributed by atoms with E-state index in [1.807, 2.05) is 30.3 Å². The molecular weight excluding hydrogens is 162 g/mol. The van der Waals surface area contributed by atoms with E-state index in [0.29, 0.717) is 6.54 Å². The van der Waals surface area contributed by atoms with Crippen LogP contribution in [0.3, 0.4) is 0 Å². The first-order chi connectivity index (χ1) is 6.36. The van der Waals surface area contributed by atoms with Crippen molar-refractivity contribution in [1.29, 1.82) is 0 Å². The number of nitrogens with two attached hydrogens (primary N) is 1. The van der Waals surface area contributed by atoms with Crippen molar-refractivity contribution in [1.82, 2.24) is 0 Å². The maximum atomic E-state index is 5.28. The van der Waals surface area contributed by atoms with Gasteiger partial charge in [0, 0.05) is 6.54 Å². The number of benzene rings is 1. The third kappa shape index (κ3) is 3.16. The van der Waals surface area contributed by atoms with E-state index in [4.69, 9.17) is 10.5 Å². The summed E-state index contributed by atoms with van der Waals surface area (Å²) in [5, 5.41) is 0. The summed E-state index contributed by atoms with van der Waals surface area (Å²) in [7, 11) is 1.65. The van der Waals surface area contributed by atoms with Crippen LogP contribution in [0.4, 0.5) is 0 Å². The fourth-order valence-corrected chi connectivity index (χ4v) is 0.923. The van der Waals surface area contributed by atoms with Gasteiger partial charge in [0.15, 0.2) is 0 Å². The minimum Gasteiger partial charge on any atom is -0.497 e. The molecule has 0 saturated carbocycles. The maximum absolute atomic E-state index is 5.28. The predicted molar refractivity (Wildman–Crippen MR) is 54.6 cm³/mol. The Bertz CT molecular complexity index is 307. The molecule has 68 valence electrons. The quantitative estimate of drug-likeness (QED) is 0.711. The molecule has 1 rings (SSSR count). The minimum absolute atomic E-state index is 0.520. The average Bonchev–Trinajstić information content (AvgIpc) is 2.19. The standard InChI is InChI=1S/C11H13NO/c1-13-11-7-5-10(6-8-11)4-2-3-9-12/h3-8H,9,12H2,1H3. The molecule has 0 spiro atoms. The van der Waals surface area contributed by atoms with Gasteiger partial charge in [0.1, 0.15) is 5.75 Å². The van der Waals surface area contributed by atoms with Crippen LogP contribution >= 0.6 is 0 Å². The van der Waals surface area contributed by atoms with Crippen LogP contribution in [0.2, 0.25) is 0 Å². The lowest BCUT2D eigenvalue weighted by Gasteiger charge is -1.97. The van der Waals surface area contributed by atoms with Crippen LogP contribution in [0.25, 0.3) is 6.08 Å². The van der Waals surface area contributed by atoms with Gasteiger partial charge in [-0.15, -0.1) is 5.73 Å². The first-order valence-corrected chi connectivity index (χ1v) is 4.12. The molecule has 0 unspecified atom stereocenters. The van der Waals surface area contributed by atoms with Gasteiger partial charge in [-0.25, -0.2) is 0 Å². The van der Waals surface area contributed by atoms with Crippen molar-refractivity contribution in [3.8, 4) is 5.75 Å². The average molecular weight is 175 g/mol. The molecule has 0 aliphatic rings. The fraction of sp³-hybridized carbons (Fsp3) is 0.182. The van der Waals surface area contributed by atoms with E-state index in [9.17, 15) is 0 Å². The smallest absolute Gasteiger partial charge is 0.118 e. The second-order valence-corrected chi connectivity index (χ2v) is 2.52. The maximum Gasteiger partial charge on any atom is 0.118 e. The van der Waals surface area contributed by atoms with Crippen LogP contribution in [-0.2, 0) is 0 Å². The summed E-state index contributed by atoms with van der Waals surface area (Å²) in [6.07, 6.45) is 3.66. The lowest BCUT2D eigenvalue weighted by atomic mass is 10.2. The van der Waals surface area contributed by atoms with Crippen LogP contribution in [0.1, 0.15) is 5.56 Å². The molecule has 0 bridgehead atoms. The van der Waals surface area contributed by atoms with Gasteiger partial charge in [0.05, 0.1) is 7.11 Å². The number of ether oxygens (including phenoxy) is 1. The molecule has 0 aromatic heterocycles. The lowest BCUT2D eigenvalue weighted by Crippen LogP contribution is -1.90. The van der Waals surface area contributed by atoms with Gasteiger partial charge in [-0.3, -0.25) is 0 Å². The van der Waals surface area contributed by atoms with Crippen molar-refractivity contribution in [2.75, 3.05) is 13.7 Å². The highest BCUT2D eigenvalue weighted by atomic mass is 16.5. The highest BCUT2D eigenvalue weighted by molar-refractivity contribution is 5.49. The third-order valence-electron chi connectivity index (χ3n) is 1.60. The van der Waals surface area contributed by atoms with Crippen molar-refractivity contribution in [3.05, 3.63) is 41.6 Å². The summed E-state index contributed by atoms with van der Waals surface area (Å²) in [6, 6.07) is 7.76. The van der Waals surface area contributed by atoms with Crippen LogP contribution in [-0.4, -0.2) is 13.7 Å². The van der Waals surface area contributed by atoms with Crippen molar-refractivity contribution in [2.45, 2.75) is 0 Å². The van der Waals surface area contributed by atoms with Gasteiger partial charge in [-0.2, -0.15) is 0 Å². The van der Waals surface area contributed by atoms with Gasteiger partial charge >= 0.3 is 0 Å². The Balaban J connectivity index is 2.75. The molecule has 0 heterocycles. The number of rotatable bonds is 3. The van der Waals surface area contributed by atoms with Gasteiger partial charge in [-0.1, -0.05) is 12.1 Å². The molecule has 0 aliphatic heterocycles. The van der Waals surface area contributed by atoms with Gasteiger partial charge in [-0.05, 0) is 29.8 Å². The molecule has 2 nitrogen and oxygen atoms in total. The molecule has 0 atom stereocenters. The van der Waals surface area contributed by atoms with E-state index in [1.54, 1.807) is 13.2 Å². The van der Waals surface area contributed by atoms with Crippen molar-refractivity contribution >= 4 is 6.08 Å². The second-order valence-electron chi connectivity index (χ2n) is 2.52. The number of hydrogen-bond acceptors (Lipinski definition) is 2. The first-order valence-electron chi connectivity index (χ1n) is 4.12. The molecule has 1 aromatic rings. The minimum atomic E-state index is 0.520. The van der Waals surface area contributed by atoms with E-state index in [-0.39, 0.29) is 0 Å². The van der Waals surface area contributed by atoms with Crippen molar-refractivity contribution in [3.63, 3.8) is 0 Å². The Morgan fingerprint density at radius 3 is 2.62 bits per heavy atom. The molecule has 0 radical (unpaired) electrons. The van der Waals surface area contributed by atoms with Gasteiger partial charge < -0.3 is 10.5 Å². The molecule has 13 heavy (non-hydrogen) atoms. The molecule has 2 N–H and O–H groups in total. The number of hydrogen-bond donors (Lipinski definition) is 1. The summed E-state index contributed by atoms with van der Waals surface area (Å²) in [4.78, 5) is 0. The summed E-state index contributed by atoms with van der Waals surface area (Å²) in [6.45, 7) is 0.520. The van der Waals surface area contributed by atoms with Crippen LogP contribution in [0.15, 0.2) is 36.1 Å². The van der Waals surface area contributed by atoms with Gasteiger partial charge in [0.2, 0.25) is 0 Å². The Labute approximate surface area is 78.3 Å². The van der Waals surface area contributed by atoms with Crippen LogP contribution in [0, 0.1) is 0 Å². The molecular formula is C11H13NO. The normalized spacial score (nSPS) is 8.77. The van der Waals surface area contributed by atoms with Crippen LogP contribution < -0.4 is 10.5 Å². The molecule has 1 aromatic carbocycles. The second kappa shape index (κ2) is 5.20. The fourth-order valence-electron chi connectivity index (χ4n) is 0.923. The zero-order valence-electron chi connectivity index (χ0n) is 7.66. The predicted octanol–water partition coefficient (Wildman–Crippen LogP) is 1.82. The highest BCUT2D eigenvalue weighted by Gasteiger charge is 1.88. The van der Waals surface area contributed by atoms with E-state index in [1.165, 1.54) is 0 Å². The first kappa shape index (κ1) is 9.59. The molecule has 0 fully saturated rings. The molecule has 0 aliphatic carbocycles. The van der Waals surface area contributed by atoms with E-state index in [2.05, 4.69) is 5.73 Å². The number of methoxy groups -OCH3 is 1. The van der Waals surface area contributed by atoms with E-state index in [0.717, 1.165) is 11.3 Å². The Morgan fingerprint density at radius 1 is 1.38 bits per heavy atom. The van der Waals surface area contributed by atoms with Crippen molar-refractivity contribution < 1.29 is 4.74 Å². The lowest BCUT2D eigenvalue weighted by molar-refractivity contribution is 0.415. The highest BCUT2D eigenvalue weighted by Crippen LogP contribution is 2.11. The zero-order valence-corrected chi connectivity index (χ0v) is 7.66. The third-order valence-corrected chi connectivity index (χ3v) is 1.60. The molecule has 2 heteroatoms. The zero-order chi connectivity index (χ0) is 9.52. The van der Waals surface area contributed by atoms with E-state index >= 15 is 0 Å². The van der Waals surface area contributed by atoms with Gasteiger partial charge in [0.25, 0.3) is 0 Å². The monoisotopic (exact) mass is 175 g/mol. The molecule has 0 saturated heterocycles. The van der Waals surface area contributed by atoms with E-state index < -0.39 is 0 Å². The summed E-state index contributed by atoms with van der Waals surface area (Å²) >= 11 is 0. The Morgan fingerprint density at radius 2 is 2.08 bits per heavy atom. The largest absolute Gasteiger partial charge is 0.497 e. The topological polar surface area (TPSA) is 35.2 Å². The van der Waals surface area contributed by atoms with Crippen LogP contribution in [0.5, 0.6) is 5.75 Å². The molecule has 0 amide bonds. The summed E-state index contributed by atoms with van der Waals surface area (Å²) in [5.74, 6) is 0.861. The summed E-state index contributed by atoms with van der Waals surface area (Å²) in [5.41, 5.74) is 9.34. The van der Waals surface area contributed by atoms with Crippen molar-refractivity contribution in [2.24, 2.45) is 5.73 Å². The Kier molecular flexibility index (Phi) is 3.83. The summed E-state index contributed by atoms with van der Waals surface area (Å²) < 4.78 is 5.03.